The van der Waals surface area contributed by atoms with Gasteiger partial charge < -0.3 is 9.47 Å². The Morgan fingerprint density at radius 2 is 1.97 bits per heavy atom. The van der Waals surface area contributed by atoms with E-state index in [4.69, 9.17) is 9.47 Å². The van der Waals surface area contributed by atoms with Crippen LogP contribution >= 0.6 is 11.3 Å². The second-order valence-electron chi connectivity index (χ2n) is 7.86. The van der Waals surface area contributed by atoms with Gasteiger partial charge in [-0.15, -0.1) is 11.3 Å². The van der Waals surface area contributed by atoms with Crippen LogP contribution < -0.4 is 15.0 Å². The molecule has 0 spiro atoms. The maximum Gasteiger partial charge on any atom is 0.266 e. The smallest absolute Gasteiger partial charge is 0.266 e. The minimum absolute atomic E-state index is 0.115. The van der Waals surface area contributed by atoms with Crippen molar-refractivity contribution in [2.45, 2.75) is 12.8 Å². The zero-order chi connectivity index (χ0) is 22.9. The average Bonchev–Trinajstić information content (AvgIpc) is 3.50. The Hall–Kier alpha value is -3.52. The molecule has 8 heteroatoms. The first-order chi connectivity index (χ1) is 16.0. The van der Waals surface area contributed by atoms with Gasteiger partial charge >= 0.3 is 0 Å². The lowest BCUT2D eigenvalue weighted by Crippen LogP contribution is -2.17. The van der Waals surface area contributed by atoms with E-state index in [1.54, 1.807) is 30.8 Å². The molecule has 0 amide bonds. The van der Waals surface area contributed by atoms with E-state index in [-0.39, 0.29) is 11.1 Å². The normalized spacial score (nSPS) is 13.7. The molecule has 2 aromatic heterocycles. The highest BCUT2D eigenvalue weighted by Crippen LogP contribution is 2.36. The van der Waals surface area contributed by atoms with Crippen LogP contribution in [0.1, 0.15) is 24.1 Å². The maximum atomic E-state index is 14.0. The predicted octanol–water partition coefficient (Wildman–Crippen LogP) is 5.67. The molecule has 33 heavy (non-hydrogen) atoms. The van der Waals surface area contributed by atoms with Crippen molar-refractivity contribution in [1.29, 1.82) is 0 Å². The van der Waals surface area contributed by atoms with Gasteiger partial charge in [0.1, 0.15) is 11.6 Å². The van der Waals surface area contributed by atoms with E-state index in [9.17, 15) is 13.6 Å². The van der Waals surface area contributed by atoms with Crippen molar-refractivity contribution in [3.05, 3.63) is 81.2 Å². The van der Waals surface area contributed by atoms with Crippen LogP contribution in [0.25, 0.3) is 28.2 Å². The van der Waals surface area contributed by atoms with Gasteiger partial charge in [0.15, 0.2) is 16.5 Å². The summed E-state index contributed by atoms with van der Waals surface area (Å²) < 4.78 is 40.8. The molecule has 4 aromatic rings. The fourth-order valence-corrected chi connectivity index (χ4v) is 4.33. The quantitative estimate of drug-likeness (QED) is 0.352. The van der Waals surface area contributed by atoms with E-state index < -0.39 is 17.2 Å². The number of ether oxygens (including phenoxy) is 2. The highest BCUT2D eigenvalue weighted by atomic mass is 32.1. The summed E-state index contributed by atoms with van der Waals surface area (Å²) in [7, 11) is 1.58. The molecule has 2 aromatic carbocycles. The Bertz CT molecular complexity index is 1400. The summed E-state index contributed by atoms with van der Waals surface area (Å²) >= 11 is 1.30. The third-order valence-corrected chi connectivity index (χ3v) is 6.21. The number of hydrogen-bond donors (Lipinski definition) is 0. The predicted molar refractivity (Wildman–Crippen MR) is 125 cm³/mol. The number of halogens is 2. The van der Waals surface area contributed by atoms with Crippen LogP contribution in [-0.4, -0.2) is 23.1 Å². The van der Waals surface area contributed by atoms with E-state index in [2.05, 4.69) is 4.98 Å². The molecule has 1 fully saturated rings. The highest BCUT2D eigenvalue weighted by Gasteiger charge is 2.23. The molecule has 0 unspecified atom stereocenters. The number of fused-ring (bicyclic) bond motifs is 1. The molecule has 1 aliphatic rings. The molecule has 5 rings (SSSR count). The second kappa shape index (κ2) is 8.78. The highest BCUT2D eigenvalue weighted by molar-refractivity contribution is 7.15. The molecule has 0 aliphatic heterocycles. The van der Waals surface area contributed by atoms with Crippen LogP contribution in [0.3, 0.4) is 0 Å². The standard InChI is InChI=1S/C25H20F2N2O3S/c1-31-21-4-2-3-16(23(21)32-14-15-5-6-15)7-8-20-22(17-11-18(26)13-19(27)12-17)24(30)29-9-10-33-25(29)28-20/h2-4,7-13,15H,5-6,14H2,1H3. The van der Waals surface area contributed by atoms with Crippen molar-refractivity contribution in [2.75, 3.05) is 13.7 Å². The maximum absolute atomic E-state index is 14.0. The summed E-state index contributed by atoms with van der Waals surface area (Å²) in [5, 5.41) is 1.74. The second-order valence-corrected chi connectivity index (χ2v) is 8.73. The Labute approximate surface area is 192 Å². The Morgan fingerprint density at radius 1 is 1.18 bits per heavy atom. The van der Waals surface area contributed by atoms with Gasteiger partial charge in [-0.25, -0.2) is 13.8 Å². The molecular weight excluding hydrogens is 446 g/mol. The third kappa shape index (κ3) is 4.39. The monoisotopic (exact) mass is 466 g/mol. The van der Waals surface area contributed by atoms with Gasteiger partial charge in [-0.2, -0.15) is 0 Å². The minimum atomic E-state index is -0.765. The number of aromatic nitrogens is 2. The molecule has 0 N–H and O–H groups in total. The van der Waals surface area contributed by atoms with Gasteiger partial charge in [0.05, 0.1) is 25.0 Å². The molecule has 0 bridgehead atoms. The number of benzene rings is 2. The van der Waals surface area contributed by atoms with Gasteiger partial charge in [0.25, 0.3) is 5.56 Å². The lowest BCUT2D eigenvalue weighted by atomic mass is 10.0. The molecule has 1 aliphatic carbocycles. The van der Waals surface area contributed by atoms with Gasteiger partial charge in [-0.3, -0.25) is 9.20 Å². The largest absolute Gasteiger partial charge is 0.493 e. The topological polar surface area (TPSA) is 52.8 Å². The van der Waals surface area contributed by atoms with Crippen molar-refractivity contribution in [2.24, 2.45) is 5.92 Å². The van der Waals surface area contributed by atoms with Crippen LogP contribution in [0.5, 0.6) is 11.5 Å². The summed E-state index contributed by atoms with van der Waals surface area (Å²) in [6, 6.07) is 8.58. The van der Waals surface area contributed by atoms with E-state index in [1.165, 1.54) is 15.7 Å². The molecule has 0 atom stereocenters. The summed E-state index contributed by atoms with van der Waals surface area (Å²) in [6.07, 6.45) is 7.34. The molecule has 168 valence electrons. The molecule has 0 radical (unpaired) electrons. The molecule has 2 heterocycles. The lowest BCUT2D eigenvalue weighted by molar-refractivity contribution is 0.280. The fraction of sp³-hybridized carbons (Fsp3) is 0.200. The number of rotatable bonds is 7. The van der Waals surface area contributed by atoms with Crippen LogP contribution in [-0.2, 0) is 0 Å². The van der Waals surface area contributed by atoms with Crippen LogP contribution in [0.2, 0.25) is 0 Å². The SMILES string of the molecule is COc1cccc(C=Cc2nc3sccn3c(=O)c2-c2cc(F)cc(F)c2)c1OCC1CC1. The van der Waals surface area contributed by atoms with Crippen LogP contribution in [0, 0.1) is 17.6 Å². The number of nitrogens with zero attached hydrogens (tertiary/aromatic N) is 2. The zero-order valence-electron chi connectivity index (χ0n) is 17.8. The van der Waals surface area contributed by atoms with Crippen molar-refractivity contribution in [3.8, 4) is 22.6 Å². The fourth-order valence-electron chi connectivity index (χ4n) is 3.62. The molecular formula is C25H20F2N2O3S. The minimum Gasteiger partial charge on any atom is -0.493 e. The van der Waals surface area contributed by atoms with Crippen molar-refractivity contribution in [1.82, 2.24) is 9.38 Å². The van der Waals surface area contributed by atoms with Gasteiger partial charge in [0.2, 0.25) is 0 Å². The van der Waals surface area contributed by atoms with E-state index in [0.29, 0.717) is 34.7 Å². The summed E-state index contributed by atoms with van der Waals surface area (Å²) in [5.74, 6) is 0.239. The first-order valence-corrected chi connectivity index (χ1v) is 11.4. The number of para-hydroxylation sites is 1. The zero-order valence-corrected chi connectivity index (χ0v) is 18.6. The number of thiazole rings is 1. The van der Waals surface area contributed by atoms with E-state index >= 15 is 0 Å². The Kier molecular flexibility index (Phi) is 5.68. The van der Waals surface area contributed by atoms with E-state index in [1.807, 2.05) is 18.2 Å². The summed E-state index contributed by atoms with van der Waals surface area (Å²) in [6.45, 7) is 0.607. The van der Waals surface area contributed by atoms with Gasteiger partial charge in [-0.05, 0) is 54.7 Å². The van der Waals surface area contributed by atoms with Gasteiger partial charge in [0, 0.05) is 23.2 Å². The summed E-state index contributed by atoms with van der Waals surface area (Å²) in [5.41, 5.74) is 0.898. The number of methoxy groups -OCH3 is 1. The first kappa shape index (κ1) is 21.3. The Balaban J connectivity index is 1.63. The third-order valence-electron chi connectivity index (χ3n) is 5.46. The van der Waals surface area contributed by atoms with E-state index in [0.717, 1.165) is 36.6 Å². The van der Waals surface area contributed by atoms with Crippen molar-refractivity contribution >= 4 is 28.4 Å². The van der Waals surface area contributed by atoms with Crippen LogP contribution in [0.15, 0.2) is 52.8 Å². The lowest BCUT2D eigenvalue weighted by Gasteiger charge is -2.13. The van der Waals surface area contributed by atoms with Gasteiger partial charge in [-0.1, -0.05) is 12.1 Å². The molecule has 0 saturated heterocycles. The molecule has 1 saturated carbocycles. The number of hydrogen-bond acceptors (Lipinski definition) is 5. The van der Waals surface area contributed by atoms with Crippen LogP contribution in [0.4, 0.5) is 8.78 Å². The Morgan fingerprint density at radius 3 is 2.70 bits per heavy atom. The molecule has 5 nitrogen and oxygen atoms in total. The van der Waals surface area contributed by atoms with Crippen molar-refractivity contribution < 1.29 is 18.3 Å². The van der Waals surface area contributed by atoms with Crippen molar-refractivity contribution in [3.63, 3.8) is 0 Å². The average molecular weight is 467 g/mol. The first-order valence-electron chi connectivity index (χ1n) is 10.5. The summed E-state index contributed by atoms with van der Waals surface area (Å²) in [4.78, 5) is 18.3.